The Morgan fingerprint density at radius 1 is 1.08 bits per heavy atom. The molecular weight excluding hydrogens is 335 g/mol. The average molecular weight is 350 g/mol. The summed E-state index contributed by atoms with van der Waals surface area (Å²) in [6.45, 7) is 1.83. The Hall–Kier alpha value is -3.47. The molecule has 0 bridgehead atoms. The molecule has 0 aliphatic heterocycles. The normalized spacial score (nSPS) is 10.8. The van der Waals surface area contributed by atoms with Crippen LogP contribution in [0.3, 0.4) is 0 Å². The smallest absolute Gasteiger partial charge is 0.379 e. The van der Waals surface area contributed by atoms with Gasteiger partial charge in [0.15, 0.2) is 5.78 Å². The van der Waals surface area contributed by atoms with E-state index in [0.29, 0.717) is 5.56 Å². The average Bonchev–Trinajstić information content (AvgIpc) is 3.17. The molecule has 0 amide bonds. The van der Waals surface area contributed by atoms with Gasteiger partial charge in [0.25, 0.3) is 0 Å². The van der Waals surface area contributed by atoms with E-state index in [1.807, 2.05) is 6.92 Å². The van der Waals surface area contributed by atoms with Gasteiger partial charge in [-0.3, -0.25) is 4.79 Å². The topological polar surface area (TPSA) is 56.5 Å². The van der Waals surface area contributed by atoms with Crippen LogP contribution >= 0.6 is 0 Å². The zero-order valence-electron chi connectivity index (χ0n) is 13.9. The molecule has 3 aromatic rings. The number of carbonyl (C=O) groups excluding carboxylic acids is 2. The molecule has 0 saturated heterocycles. The molecule has 0 aliphatic rings. The van der Waals surface area contributed by atoms with Crippen molar-refractivity contribution < 1.29 is 23.1 Å². The van der Waals surface area contributed by atoms with Crippen molar-refractivity contribution in [2.45, 2.75) is 6.92 Å². The number of hydrogen-bond donors (Lipinski definition) is 0. The summed E-state index contributed by atoms with van der Waals surface area (Å²) in [7, 11) is 0. The second kappa shape index (κ2) is 7.61. The minimum Gasteiger partial charge on any atom is -0.457 e. The Bertz CT molecular complexity index is 954. The van der Waals surface area contributed by atoms with Crippen LogP contribution in [0.2, 0.25) is 0 Å². The van der Waals surface area contributed by atoms with Gasteiger partial charge in [0.2, 0.25) is 5.76 Å². The van der Waals surface area contributed by atoms with Crippen molar-refractivity contribution in [3.05, 3.63) is 95.2 Å². The van der Waals surface area contributed by atoms with Crippen LogP contribution in [-0.4, -0.2) is 11.8 Å². The van der Waals surface area contributed by atoms with E-state index >= 15 is 0 Å². The summed E-state index contributed by atoms with van der Waals surface area (Å²) in [5.74, 6) is -1.17. The van der Waals surface area contributed by atoms with Gasteiger partial charge in [-0.15, -0.1) is 0 Å². The van der Waals surface area contributed by atoms with E-state index in [4.69, 9.17) is 9.15 Å². The van der Waals surface area contributed by atoms with Crippen LogP contribution < -0.4 is 4.74 Å². The summed E-state index contributed by atoms with van der Waals surface area (Å²) in [5, 5.41) is 0. The Labute approximate surface area is 149 Å². The van der Waals surface area contributed by atoms with E-state index in [9.17, 15) is 14.0 Å². The van der Waals surface area contributed by atoms with Crippen LogP contribution in [0.1, 0.15) is 32.0 Å². The van der Waals surface area contributed by atoms with Gasteiger partial charge in [-0.1, -0.05) is 29.8 Å². The van der Waals surface area contributed by atoms with Gasteiger partial charge >= 0.3 is 5.97 Å². The quantitative estimate of drug-likeness (QED) is 0.286. The van der Waals surface area contributed by atoms with E-state index < -0.39 is 5.97 Å². The van der Waals surface area contributed by atoms with Gasteiger partial charge in [0, 0.05) is 0 Å². The molecule has 0 fully saturated rings. The summed E-state index contributed by atoms with van der Waals surface area (Å²) >= 11 is 0. The van der Waals surface area contributed by atoms with Gasteiger partial charge in [-0.2, -0.15) is 0 Å². The molecular formula is C21H15FO4. The van der Waals surface area contributed by atoms with Gasteiger partial charge < -0.3 is 9.15 Å². The molecule has 0 spiro atoms. The number of rotatable bonds is 5. The largest absolute Gasteiger partial charge is 0.457 e. The first-order valence-corrected chi connectivity index (χ1v) is 7.87. The SMILES string of the molecule is Cc1ccc(OC(=O)c2ccco2)c(C(=O)/C=C/c2ccc(F)cc2)c1. The molecule has 0 N–H and O–H groups in total. The fourth-order valence-electron chi connectivity index (χ4n) is 2.31. The molecule has 0 atom stereocenters. The lowest BCUT2D eigenvalue weighted by atomic mass is 10.1. The van der Waals surface area contributed by atoms with Crippen LogP contribution in [0.4, 0.5) is 4.39 Å². The van der Waals surface area contributed by atoms with Crippen molar-refractivity contribution in [3.8, 4) is 5.75 Å². The Morgan fingerprint density at radius 3 is 2.54 bits per heavy atom. The fraction of sp³-hybridized carbons (Fsp3) is 0.0476. The second-order valence-electron chi connectivity index (χ2n) is 5.62. The van der Waals surface area contributed by atoms with Gasteiger partial charge in [0.05, 0.1) is 11.8 Å². The molecule has 130 valence electrons. The number of furan rings is 1. The molecule has 0 aliphatic carbocycles. The maximum absolute atomic E-state index is 12.9. The molecule has 2 aromatic carbocycles. The molecule has 4 nitrogen and oxygen atoms in total. The summed E-state index contributed by atoms with van der Waals surface area (Å²) in [4.78, 5) is 24.6. The van der Waals surface area contributed by atoms with Crippen molar-refractivity contribution >= 4 is 17.8 Å². The molecule has 1 heterocycles. The summed E-state index contributed by atoms with van der Waals surface area (Å²) in [5.41, 5.74) is 1.78. The Morgan fingerprint density at radius 2 is 1.85 bits per heavy atom. The van der Waals surface area contributed by atoms with Gasteiger partial charge in [-0.05, 0) is 55.0 Å². The third-order valence-corrected chi connectivity index (χ3v) is 3.62. The lowest BCUT2D eigenvalue weighted by Gasteiger charge is -2.08. The van der Waals surface area contributed by atoms with Crippen molar-refractivity contribution in [2.75, 3.05) is 0 Å². The third kappa shape index (κ3) is 4.13. The van der Waals surface area contributed by atoms with E-state index in [-0.39, 0.29) is 28.7 Å². The van der Waals surface area contributed by atoms with Gasteiger partial charge in [-0.25, -0.2) is 9.18 Å². The van der Waals surface area contributed by atoms with Crippen molar-refractivity contribution in [1.82, 2.24) is 0 Å². The number of halogens is 1. The third-order valence-electron chi connectivity index (χ3n) is 3.62. The van der Waals surface area contributed by atoms with Crippen LogP contribution in [0, 0.1) is 12.7 Å². The van der Waals surface area contributed by atoms with Crippen LogP contribution in [0.5, 0.6) is 5.75 Å². The second-order valence-corrected chi connectivity index (χ2v) is 5.62. The number of allylic oxidation sites excluding steroid dienone is 1. The number of esters is 1. The molecule has 1 aromatic heterocycles. The molecule has 3 rings (SSSR count). The molecule has 5 heteroatoms. The van der Waals surface area contributed by atoms with E-state index in [1.54, 1.807) is 42.5 Å². The highest BCUT2D eigenvalue weighted by Crippen LogP contribution is 2.23. The fourth-order valence-corrected chi connectivity index (χ4v) is 2.31. The first-order chi connectivity index (χ1) is 12.5. The number of carbonyl (C=O) groups is 2. The standard InChI is InChI=1S/C21H15FO4/c1-14-4-11-19(26-21(24)20-3-2-12-25-20)17(13-14)18(23)10-7-15-5-8-16(22)9-6-15/h2-13H,1H3/b10-7+. The molecule has 0 saturated carbocycles. The number of ether oxygens (including phenoxy) is 1. The minimum atomic E-state index is -0.685. The monoisotopic (exact) mass is 350 g/mol. The maximum atomic E-state index is 12.9. The highest BCUT2D eigenvalue weighted by atomic mass is 19.1. The Balaban J connectivity index is 1.83. The molecule has 0 unspecified atom stereocenters. The summed E-state index contributed by atoms with van der Waals surface area (Å²) in [6, 6.07) is 13.7. The minimum absolute atomic E-state index is 0.0471. The van der Waals surface area contributed by atoms with Crippen LogP contribution in [0.25, 0.3) is 6.08 Å². The number of ketones is 1. The highest BCUT2D eigenvalue weighted by molar-refractivity contribution is 6.09. The first-order valence-electron chi connectivity index (χ1n) is 7.87. The predicted molar refractivity (Wildman–Crippen MR) is 94.6 cm³/mol. The lowest BCUT2D eigenvalue weighted by Crippen LogP contribution is -2.10. The van der Waals surface area contributed by atoms with E-state index in [1.165, 1.54) is 30.5 Å². The summed E-state index contributed by atoms with van der Waals surface area (Å²) < 4.78 is 23.2. The number of aryl methyl sites for hydroxylation is 1. The van der Waals surface area contributed by atoms with Crippen molar-refractivity contribution in [2.24, 2.45) is 0 Å². The zero-order valence-corrected chi connectivity index (χ0v) is 13.9. The first kappa shape index (κ1) is 17.4. The van der Waals surface area contributed by atoms with E-state index in [2.05, 4.69) is 0 Å². The van der Waals surface area contributed by atoms with Crippen LogP contribution in [-0.2, 0) is 0 Å². The maximum Gasteiger partial charge on any atom is 0.379 e. The predicted octanol–water partition coefficient (Wildman–Crippen LogP) is 4.84. The number of benzene rings is 2. The number of hydrogen-bond acceptors (Lipinski definition) is 4. The molecule has 26 heavy (non-hydrogen) atoms. The Kier molecular flexibility index (Phi) is 5.08. The lowest BCUT2D eigenvalue weighted by molar-refractivity contribution is 0.0699. The summed E-state index contributed by atoms with van der Waals surface area (Å²) in [6.07, 6.45) is 4.29. The highest BCUT2D eigenvalue weighted by Gasteiger charge is 2.17. The van der Waals surface area contributed by atoms with Crippen LogP contribution in [0.15, 0.2) is 71.4 Å². The van der Waals surface area contributed by atoms with Gasteiger partial charge in [0.1, 0.15) is 11.6 Å². The van der Waals surface area contributed by atoms with E-state index in [0.717, 1.165) is 5.56 Å². The zero-order chi connectivity index (χ0) is 18.5. The molecule has 0 radical (unpaired) electrons. The van der Waals surface area contributed by atoms with Crippen molar-refractivity contribution in [1.29, 1.82) is 0 Å². The van der Waals surface area contributed by atoms with Crippen molar-refractivity contribution in [3.63, 3.8) is 0 Å².